The topological polar surface area (TPSA) is 137 Å². The highest BCUT2D eigenvalue weighted by Crippen LogP contribution is 2.24. The molecule has 0 aromatic rings. The van der Waals surface area contributed by atoms with Crippen LogP contribution in [0.5, 0.6) is 0 Å². The van der Waals surface area contributed by atoms with Crippen LogP contribution in [0.2, 0.25) is 0 Å². The van der Waals surface area contributed by atoms with Crippen molar-refractivity contribution in [3.05, 3.63) is 0 Å². The highest BCUT2D eigenvalue weighted by Gasteiger charge is 2.44. The van der Waals surface area contributed by atoms with Crippen molar-refractivity contribution in [1.29, 1.82) is 0 Å². The van der Waals surface area contributed by atoms with E-state index in [2.05, 4.69) is 0 Å². The summed E-state index contributed by atoms with van der Waals surface area (Å²) in [5.41, 5.74) is 0. The van der Waals surface area contributed by atoms with E-state index in [1.807, 2.05) is 6.92 Å². The van der Waals surface area contributed by atoms with E-state index in [4.69, 9.17) is 14.6 Å². The summed E-state index contributed by atoms with van der Waals surface area (Å²) >= 11 is 0. The van der Waals surface area contributed by atoms with Gasteiger partial charge in [0, 0.05) is 6.42 Å². The normalized spacial score (nSPS) is 26.8. The summed E-state index contributed by atoms with van der Waals surface area (Å²) in [6.07, 6.45) is 9.95. The molecule has 1 saturated heterocycles. The Morgan fingerprint density at radius 2 is 1.25 bits per heavy atom. The maximum atomic E-state index is 10.4. The molecular weight excluding hydrogens is 416 g/mol. The van der Waals surface area contributed by atoms with Crippen LogP contribution in [0.25, 0.3) is 0 Å². The number of hydrogen-bond donors (Lipinski definition) is 5. The van der Waals surface area contributed by atoms with Crippen LogP contribution in [0.3, 0.4) is 0 Å². The lowest BCUT2D eigenvalue weighted by atomic mass is 9.99. The van der Waals surface area contributed by atoms with Gasteiger partial charge in [0.25, 0.3) is 0 Å². The maximum absolute atomic E-state index is 10.4. The zero-order chi connectivity index (χ0) is 23.8. The molecule has 1 heterocycles. The number of carbonyl (C=O) groups is 1. The number of carboxylic acids is 1. The Hall–Kier alpha value is -0.770. The third kappa shape index (κ3) is 12.5. The maximum Gasteiger partial charge on any atom is 0.303 e. The summed E-state index contributed by atoms with van der Waals surface area (Å²) in [4.78, 5) is 10.4. The quantitative estimate of drug-likeness (QED) is 0.185. The van der Waals surface area contributed by atoms with Crippen molar-refractivity contribution in [2.24, 2.45) is 0 Å². The standard InChI is InChI=1S/C24H46O8/c1-18(31-24-23(30)22(29)21(28)19(17-25)32-24)15-13-11-9-7-5-3-2-4-6-8-10-12-14-16-20(26)27/h18-19,21-25,28-30H,2-17H2,1H3,(H,26,27)/t18?,19-,21-,22+,23-,24-/m1/s1. The van der Waals surface area contributed by atoms with E-state index in [-0.39, 0.29) is 6.10 Å². The summed E-state index contributed by atoms with van der Waals surface area (Å²) < 4.78 is 11.1. The predicted molar refractivity (Wildman–Crippen MR) is 121 cm³/mol. The van der Waals surface area contributed by atoms with E-state index in [0.717, 1.165) is 38.5 Å². The minimum atomic E-state index is -1.40. The number of carboxylic acid groups (broad SMARTS) is 1. The van der Waals surface area contributed by atoms with Crippen molar-refractivity contribution < 1.29 is 39.8 Å². The number of aliphatic hydroxyl groups excluding tert-OH is 4. The van der Waals surface area contributed by atoms with Gasteiger partial charge in [-0.3, -0.25) is 4.79 Å². The molecule has 0 amide bonds. The molecule has 0 saturated carbocycles. The van der Waals surface area contributed by atoms with Gasteiger partial charge >= 0.3 is 5.97 Å². The molecule has 1 aliphatic rings. The van der Waals surface area contributed by atoms with Gasteiger partial charge in [0.2, 0.25) is 0 Å². The van der Waals surface area contributed by atoms with Gasteiger partial charge in [-0.05, 0) is 19.8 Å². The Kier molecular flexibility index (Phi) is 16.2. The molecule has 190 valence electrons. The summed E-state index contributed by atoms with van der Waals surface area (Å²) in [6.45, 7) is 1.45. The first-order valence-electron chi connectivity index (χ1n) is 12.5. The molecule has 32 heavy (non-hydrogen) atoms. The molecule has 0 aromatic heterocycles. The van der Waals surface area contributed by atoms with Gasteiger partial charge in [0.15, 0.2) is 6.29 Å². The lowest BCUT2D eigenvalue weighted by molar-refractivity contribution is -0.310. The number of rotatable bonds is 19. The van der Waals surface area contributed by atoms with Gasteiger partial charge in [-0.25, -0.2) is 0 Å². The first-order valence-corrected chi connectivity index (χ1v) is 12.5. The predicted octanol–water partition coefficient (Wildman–Crippen LogP) is 3.13. The average Bonchev–Trinajstić information content (AvgIpc) is 2.76. The molecule has 1 aliphatic heterocycles. The lowest BCUT2D eigenvalue weighted by Crippen LogP contribution is -2.59. The molecule has 6 atom stereocenters. The second-order valence-electron chi connectivity index (χ2n) is 9.17. The molecule has 0 spiro atoms. The van der Waals surface area contributed by atoms with Crippen LogP contribution in [0.4, 0.5) is 0 Å². The van der Waals surface area contributed by atoms with Gasteiger partial charge in [-0.2, -0.15) is 0 Å². The molecule has 8 heteroatoms. The Balaban J connectivity index is 1.93. The van der Waals surface area contributed by atoms with Crippen molar-refractivity contribution in [2.45, 2.75) is 140 Å². The summed E-state index contributed by atoms with van der Waals surface area (Å²) in [6, 6.07) is 0. The first kappa shape index (κ1) is 29.3. The Bertz CT molecular complexity index is 473. The van der Waals surface area contributed by atoms with Crippen molar-refractivity contribution >= 4 is 5.97 Å². The van der Waals surface area contributed by atoms with Crippen LogP contribution < -0.4 is 0 Å². The zero-order valence-electron chi connectivity index (χ0n) is 19.7. The Morgan fingerprint density at radius 1 is 0.781 bits per heavy atom. The van der Waals surface area contributed by atoms with Gasteiger partial charge in [0.05, 0.1) is 12.7 Å². The minimum absolute atomic E-state index is 0.152. The van der Waals surface area contributed by atoms with Crippen LogP contribution in [-0.2, 0) is 14.3 Å². The summed E-state index contributed by atoms with van der Waals surface area (Å²) in [5, 5.41) is 47.5. The summed E-state index contributed by atoms with van der Waals surface area (Å²) in [5.74, 6) is -0.694. The summed E-state index contributed by atoms with van der Waals surface area (Å²) in [7, 11) is 0. The van der Waals surface area contributed by atoms with Crippen LogP contribution >= 0.6 is 0 Å². The largest absolute Gasteiger partial charge is 0.481 e. The van der Waals surface area contributed by atoms with Crippen molar-refractivity contribution in [1.82, 2.24) is 0 Å². The smallest absolute Gasteiger partial charge is 0.303 e. The second-order valence-corrected chi connectivity index (χ2v) is 9.17. The molecular formula is C24H46O8. The highest BCUT2D eigenvalue weighted by atomic mass is 16.7. The van der Waals surface area contributed by atoms with Crippen LogP contribution in [0.15, 0.2) is 0 Å². The molecule has 5 N–H and O–H groups in total. The zero-order valence-corrected chi connectivity index (χ0v) is 19.7. The van der Waals surface area contributed by atoms with E-state index in [0.29, 0.717) is 6.42 Å². The molecule has 0 radical (unpaired) electrons. The molecule has 1 unspecified atom stereocenters. The van der Waals surface area contributed by atoms with Crippen molar-refractivity contribution in [2.75, 3.05) is 6.61 Å². The fourth-order valence-electron chi connectivity index (χ4n) is 4.13. The number of unbranched alkanes of at least 4 members (excludes halogenated alkanes) is 12. The van der Waals surface area contributed by atoms with E-state index in [1.165, 1.54) is 51.4 Å². The number of hydrogen-bond acceptors (Lipinski definition) is 7. The fraction of sp³-hybridized carbons (Fsp3) is 0.958. The van der Waals surface area contributed by atoms with Crippen molar-refractivity contribution in [3.63, 3.8) is 0 Å². The molecule has 1 fully saturated rings. The molecule has 0 bridgehead atoms. The molecule has 8 nitrogen and oxygen atoms in total. The Labute approximate surface area is 192 Å². The van der Waals surface area contributed by atoms with Crippen LogP contribution in [0.1, 0.15) is 103 Å². The van der Waals surface area contributed by atoms with E-state index in [1.54, 1.807) is 0 Å². The van der Waals surface area contributed by atoms with Gasteiger partial charge in [-0.1, -0.05) is 77.0 Å². The number of aliphatic carboxylic acids is 1. The van der Waals surface area contributed by atoms with Gasteiger partial charge in [0.1, 0.15) is 24.4 Å². The second kappa shape index (κ2) is 17.7. The minimum Gasteiger partial charge on any atom is -0.481 e. The fourth-order valence-corrected chi connectivity index (χ4v) is 4.13. The van der Waals surface area contributed by atoms with E-state index < -0.39 is 43.3 Å². The van der Waals surface area contributed by atoms with Crippen LogP contribution in [-0.4, -0.2) is 74.9 Å². The molecule has 0 aromatic carbocycles. The van der Waals surface area contributed by atoms with E-state index >= 15 is 0 Å². The molecule has 1 rings (SSSR count). The third-order valence-electron chi connectivity index (χ3n) is 6.22. The van der Waals surface area contributed by atoms with Gasteiger partial charge < -0.3 is 35.0 Å². The lowest BCUT2D eigenvalue weighted by Gasteiger charge is -2.40. The third-order valence-corrected chi connectivity index (χ3v) is 6.22. The first-order chi connectivity index (χ1) is 15.4. The average molecular weight is 463 g/mol. The van der Waals surface area contributed by atoms with Crippen LogP contribution in [0, 0.1) is 0 Å². The number of ether oxygens (including phenoxy) is 2. The SMILES string of the molecule is CC(CCCCCCCCCCCCCCCC(=O)O)O[C@@H]1O[C@H](CO)[C@@H](O)[C@H](O)[C@H]1O. The highest BCUT2D eigenvalue weighted by molar-refractivity contribution is 5.66. The number of aliphatic hydroxyl groups is 4. The Morgan fingerprint density at radius 3 is 1.72 bits per heavy atom. The van der Waals surface area contributed by atoms with Crippen molar-refractivity contribution in [3.8, 4) is 0 Å². The molecule has 0 aliphatic carbocycles. The van der Waals surface area contributed by atoms with E-state index in [9.17, 15) is 25.2 Å². The monoisotopic (exact) mass is 462 g/mol. The van der Waals surface area contributed by atoms with Gasteiger partial charge in [-0.15, -0.1) is 0 Å².